The Morgan fingerprint density at radius 1 is 1.44 bits per heavy atom. The summed E-state index contributed by atoms with van der Waals surface area (Å²) in [6, 6.07) is 0. The van der Waals surface area contributed by atoms with Crippen LogP contribution in [0, 0.1) is 5.92 Å². The van der Waals surface area contributed by atoms with Crippen LogP contribution in [-0.2, 0) is 9.36 Å². The minimum Gasteiger partial charge on any atom is -0.478 e. The number of carbonyl (C=O) groups is 1. The maximum absolute atomic E-state index is 11.8. The van der Waals surface area contributed by atoms with Gasteiger partial charge >= 0.3 is 5.97 Å². The molecule has 0 aromatic heterocycles. The lowest BCUT2D eigenvalue weighted by molar-refractivity contribution is -0.132. The molecule has 1 atom stereocenters. The number of carboxylic acid groups (broad SMARTS) is 1. The van der Waals surface area contributed by atoms with Gasteiger partial charge in [0.1, 0.15) is 0 Å². The first-order valence-electron chi connectivity index (χ1n) is 5.51. The third-order valence-corrected chi connectivity index (χ3v) is 4.16. The molecule has 94 valence electrons. The summed E-state index contributed by atoms with van der Waals surface area (Å²) in [5, 5.41) is 8.90. The average molecular weight is 248 g/mol. The van der Waals surface area contributed by atoms with Crippen LogP contribution >= 0.6 is 7.37 Å². The highest BCUT2D eigenvalue weighted by molar-refractivity contribution is 7.58. The first kappa shape index (κ1) is 15.4. The van der Waals surface area contributed by atoms with Crippen LogP contribution in [-0.4, -0.2) is 28.3 Å². The van der Waals surface area contributed by atoms with E-state index in [0.29, 0.717) is 6.42 Å². The standard InChI is InChI=1S/C11H21O4P/c1-4-5-6-10(11(12)13)8-16(14,15)7-9(2)3/h6,9H,4-5,7-8H2,1-3H3,(H,12,13)(H,14,15)/b10-6+. The average Bonchev–Trinajstić information content (AvgIpc) is 2.09. The summed E-state index contributed by atoms with van der Waals surface area (Å²) < 4.78 is 11.8. The Morgan fingerprint density at radius 3 is 2.38 bits per heavy atom. The van der Waals surface area contributed by atoms with Crippen LogP contribution in [0.1, 0.15) is 33.6 Å². The zero-order valence-corrected chi connectivity index (χ0v) is 11.0. The van der Waals surface area contributed by atoms with Gasteiger partial charge in [0, 0.05) is 11.7 Å². The van der Waals surface area contributed by atoms with E-state index in [0.717, 1.165) is 6.42 Å². The molecule has 4 nitrogen and oxygen atoms in total. The van der Waals surface area contributed by atoms with Crippen LogP contribution in [0.3, 0.4) is 0 Å². The van der Waals surface area contributed by atoms with Gasteiger partial charge in [-0.1, -0.05) is 33.3 Å². The van der Waals surface area contributed by atoms with Crippen molar-refractivity contribution in [2.75, 3.05) is 12.3 Å². The molecular formula is C11H21O4P. The Kier molecular flexibility index (Phi) is 6.61. The van der Waals surface area contributed by atoms with Gasteiger partial charge in [-0.25, -0.2) is 4.79 Å². The predicted octanol–water partition coefficient (Wildman–Crippen LogP) is 2.72. The summed E-state index contributed by atoms with van der Waals surface area (Å²) in [6.07, 6.45) is 2.95. The third kappa shape index (κ3) is 6.81. The van der Waals surface area contributed by atoms with Crippen molar-refractivity contribution in [3.05, 3.63) is 11.6 Å². The molecule has 16 heavy (non-hydrogen) atoms. The van der Waals surface area contributed by atoms with Gasteiger partial charge in [0.25, 0.3) is 0 Å². The van der Waals surface area contributed by atoms with Crippen molar-refractivity contribution in [1.82, 2.24) is 0 Å². The SMILES string of the molecule is CCC/C=C(\CP(=O)(O)CC(C)C)C(=O)O. The smallest absolute Gasteiger partial charge is 0.331 e. The number of carboxylic acids is 1. The maximum atomic E-state index is 11.8. The Labute approximate surface area is 96.8 Å². The van der Waals surface area contributed by atoms with E-state index in [1.165, 1.54) is 0 Å². The zero-order valence-electron chi connectivity index (χ0n) is 10.1. The molecule has 0 saturated carbocycles. The highest BCUT2D eigenvalue weighted by atomic mass is 31.2. The molecule has 0 aliphatic heterocycles. The molecule has 0 fully saturated rings. The summed E-state index contributed by atoms with van der Waals surface area (Å²) in [7, 11) is -3.35. The third-order valence-electron chi connectivity index (χ3n) is 2.02. The molecule has 5 heteroatoms. The van der Waals surface area contributed by atoms with Crippen LogP contribution in [0.15, 0.2) is 11.6 Å². The molecule has 0 aliphatic carbocycles. The summed E-state index contributed by atoms with van der Waals surface area (Å²) in [6.45, 7) is 5.63. The van der Waals surface area contributed by atoms with Gasteiger partial charge in [-0.15, -0.1) is 0 Å². The van der Waals surface area contributed by atoms with Gasteiger partial charge in [0.05, 0.1) is 6.16 Å². The fraction of sp³-hybridized carbons (Fsp3) is 0.727. The maximum Gasteiger partial charge on any atom is 0.331 e. The number of unbranched alkanes of at least 4 members (excludes halogenated alkanes) is 1. The Balaban J connectivity index is 4.63. The highest BCUT2D eigenvalue weighted by Crippen LogP contribution is 2.44. The van der Waals surface area contributed by atoms with Gasteiger partial charge in [0.2, 0.25) is 7.37 Å². The van der Waals surface area contributed by atoms with Crippen molar-refractivity contribution in [3.8, 4) is 0 Å². The molecule has 0 aliphatic rings. The molecule has 0 rings (SSSR count). The van der Waals surface area contributed by atoms with Gasteiger partial charge in [-0.3, -0.25) is 4.57 Å². The van der Waals surface area contributed by atoms with E-state index in [4.69, 9.17) is 5.11 Å². The largest absolute Gasteiger partial charge is 0.478 e. The minimum absolute atomic E-state index is 0.0633. The number of allylic oxidation sites excluding steroid dienone is 1. The van der Waals surface area contributed by atoms with Crippen molar-refractivity contribution in [3.63, 3.8) is 0 Å². The highest BCUT2D eigenvalue weighted by Gasteiger charge is 2.24. The van der Waals surface area contributed by atoms with Gasteiger partial charge in [0.15, 0.2) is 0 Å². The van der Waals surface area contributed by atoms with Crippen molar-refractivity contribution in [2.45, 2.75) is 33.6 Å². The second kappa shape index (κ2) is 6.87. The lowest BCUT2D eigenvalue weighted by atomic mass is 10.2. The van der Waals surface area contributed by atoms with Gasteiger partial charge < -0.3 is 10.00 Å². The van der Waals surface area contributed by atoms with E-state index >= 15 is 0 Å². The predicted molar refractivity (Wildman–Crippen MR) is 65.0 cm³/mol. The topological polar surface area (TPSA) is 74.6 Å². The quantitative estimate of drug-likeness (QED) is 0.536. The number of hydrogen-bond donors (Lipinski definition) is 2. The molecule has 0 saturated heterocycles. The van der Waals surface area contributed by atoms with E-state index < -0.39 is 13.3 Å². The van der Waals surface area contributed by atoms with E-state index in [-0.39, 0.29) is 23.8 Å². The Morgan fingerprint density at radius 2 is 2.00 bits per heavy atom. The zero-order chi connectivity index (χ0) is 12.8. The first-order chi connectivity index (χ1) is 7.28. The fourth-order valence-corrected chi connectivity index (χ4v) is 3.51. The van der Waals surface area contributed by atoms with Crippen LogP contribution in [0.4, 0.5) is 0 Å². The molecule has 0 aromatic carbocycles. The number of rotatable bonds is 7. The normalized spacial score (nSPS) is 16.2. The molecule has 0 radical (unpaired) electrons. The lowest BCUT2D eigenvalue weighted by Crippen LogP contribution is -2.09. The summed E-state index contributed by atoms with van der Waals surface area (Å²) in [5.74, 6) is -0.997. The van der Waals surface area contributed by atoms with Crippen molar-refractivity contribution >= 4 is 13.3 Å². The minimum atomic E-state index is -3.35. The molecule has 0 bridgehead atoms. The van der Waals surface area contributed by atoms with Crippen LogP contribution in [0.5, 0.6) is 0 Å². The van der Waals surface area contributed by atoms with Crippen LogP contribution in [0.2, 0.25) is 0 Å². The van der Waals surface area contributed by atoms with Gasteiger partial charge in [-0.2, -0.15) is 0 Å². The summed E-state index contributed by atoms with van der Waals surface area (Å²) in [5.41, 5.74) is 0.0633. The molecule has 2 N–H and O–H groups in total. The molecule has 0 amide bonds. The summed E-state index contributed by atoms with van der Waals surface area (Å²) >= 11 is 0. The Bertz CT molecular complexity index is 307. The number of hydrogen-bond acceptors (Lipinski definition) is 2. The molecular weight excluding hydrogens is 227 g/mol. The van der Waals surface area contributed by atoms with E-state index in [1.807, 2.05) is 20.8 Å². The van der Waals surface area contributed by atoms with Crippen LogP contribution in [0.25, 0.3) is 0 Å². The molecule has 0 heterocycles. The van der Waals surface area contributed by atoms with Crippen molar-refractivity contribution < 1.29 is 19.4 Å². The second-order valence-electron chi connectivity index (χ2n) is 4.40. The second-order valence-corrected chi connectivity index (χ2v) is 6.78. The van der Waals surface area contributed by atoms with Crippen LogP contribution < -0.4 is 0 Å². The first-order valence-corrected chi connectivity index (χ1v) is 7.54. The molecule has 0 spiro atoms. The van der Waals surface area contributed by atoms with E-state index in [1.54, 1.807) is 6.08 Å². The molecule has 0 aromatic rings. The summed E-state index contributed by atoms with van der Waals surface area (Å²) in [4.78, 5) is 20.5. The number of aliphatic carboxylic acids is 1. The van der Waals surface area contributed by atoms with E-state index in [2.05, 4.69) is 0 Å². The lowest BCUT2D eigenvalue weighted by Gasteiger charge is -2.14. The van der Waals surface area contributed by atoms with Crippen molar-refractivity contribution in [2.24, 2.45) is 5.92 Å². The Hall–Kier alpha value is -0.600. The monoisotopic (exact) mass is 248 g/mol. The molecule has 1 unspecified atom stereocenters. The van der Waals surface area contributed by atoms with E-state index in [9.17, 15) is 14.3 Å². The van der Waals surface area contributed by atoms with Crippen molar-refractivity contribution in [1.29, 1.82) is 0 Å². The fourth-order valence-electron chi connectivity index (χ4n) is 1.44. The van der Waals surface area contributed by atoms with Gasteiger partial charge in [-0.05, 0) is 12.3 Å².